The van der Waals surface area contributed by atoms with Crippen LogP contribution in [-0.2, 0) is 4.74 Å². The highest BCUT2D eigenvalue weighted by molar-refractivity contribution is 5.48. The molecule has 1 aromatic rings. The molecule has 0 amide bonds. The summed E-state index contributed by atoms with van der Waals surface area (Å²) in [6, 6.07) is 7.38. The molecular weight excluding hydrogens is 257 g/mol. The van der Waals surface area contributed by atoms with Crippen LogP contribution in [0.4, 0.5) is 10.1 Å². The maximum Gasteiger partial charge on any atom is 0.146 e. The molecule has 20 heavy (non-hydrogen) atoms. The van der Waals surface area contributed by atoms with Crippen LogP contribution in [0, 0.1) is 5.82 Å². The van der Waals surface area contributed by atoms with Crippen molar-refractivity contribution in [2.24, 2.45) is 0 Å². The van der Waals surface area contributed by atoms with Gasteiger partial charge in [0.15, 0.2) is 0 Å². The van der Waals surface area contributed by atoms with Crippen molar-refractivity contribution in [3.63, 3.8) is 0 Å². The highest BCUT2D eigenvalue weighted by atomic mass is 19.1. The summed E-state index contributed by atoms with van der Waals surface area (Å²) in [5.74, 6) is -0.135. The normalized spacial score (nSPS) is 18.2. The molecule has 0 aliphatic carbocycles. The number of hydrogen-bond donors (Lipinski definition) is 1. The lowest BCUT2D eigenvalue weighted by molar-refractivity contribution is 0.0862. The topological polar surface area (TPSA) is 27.7 Å². The predicted octanol–water partition coefficient (Wildman–Crippen LogP) is 1.18. The Balaban J connectivity index is 1.93. The van der Waals surface area contributed by atoms with Crippen LogP contribution < -0.4 is 10.2 Å². The summed E-state index contributed by atoms with van der Waals surface area (Å²) in [6.07, 6.45) is 0. The van der Waals surface area contributed by atoms with Crippen molar-refractivity contribution < 1.29 is 9.13 Å². The molecule has 1 aliphatic rings. The first-order valence-electron chi connectivity index (χ1n) is 7.13. The summed E-state index contributed by atoms with van der Waals surface area (Å²) in [6.45, 7) is 5.21. The van der Waals surface area contributed by atoms with Crippen molar-refractivity contribution in [1.82, 2.24) is 10.2 Å². The van der Waals surface area contributed by atoms with Crippen LogP contribution in [-0.4, -0.2) is 64.4 Å². The maximum absolute atomic E-state index is 13.8. The molecule has 112 valence electrons. The first kappa shape index (κ1) is 15.2. The third kappa shape index (κ3) is 3.69. The van der Waals surface area contributed by atoms with E-state index in [1.165, 1.54) is 6.07 Å². The summed E-state index contributed by atoms with van der Waals surface area (Å²) in [4.78, 5) is 4.53. The highest BCUT2D eigenvalue weighted by Crippen LogP contribution is 2.20. The fourth-order valence-corrected chi connectivity index (χ4v) is 2.76. The second-order valence-corrected chi connectivity index (χ2v) is 5.14. The standard InChI is InChI=1S/C15H24FN3O/c1-17-11-13(12-20-2)18-7-9-19(10-8-18)15-6-4-3-5-14(15)16/h3-6,13,17H,7-12H2,1-2H3. The molecule has 1 atom stereocenters. The lowest BCUT2D eigenvalue weighted by Gasteiger charge is -2.40. The quantitative estimate of drug-likeness (QED) is 0.847. The Morgan fingerprint density at radius 1 is 1.25 bits per heavy atom. The van der Waals surface area contributed by atoms with Crippen LogP contribution in [0.1, 0.15) is 0 Å². The van der Waals surface area contributed by atoms with Crippen LogP contribution in [0.3, 0.4) is 0 Å². The molecule has 1 aromatic carbocycles. The molecule has 1 aliphatic heterocycles. The average Bonchev–Trinajstić information content (AvgIpc) is 2.48. The van der Waals surface area contributed by atoms with Gasteiger partial charge < -0.3 is 15.0 Å². The van der Waals surface area contributed by atoms with Gasteiger partial charge in [0.25, 0.3) is 0 Å². The number of benzene rings is 1. The van der Waals surface area contributed by atoms with Gasteiger partial charge in [-0.15, -0.1) is 0 Å². The minimum Gasteiger partial charge on any atom is -0.383 e. The van der Waals surface area contributed by atoms with Crippen molar-refractivity contribution in [3.05, 3.63) is 30.1 Å². The molecule has 1 heterocycles. The van der Waals surface area contributed by atoms with E-state index in [-0.39, 0.29) is 5.82 Å². The molecule has 2 rings (SSSR count). The molecule has 1 fully saturated rings. The smallest absolute Gasteiger partial charge is 0.146 e. The second-order valence-electron chi connectivity index (χ2n) is 5.14. The van der Waals surface area contributed by atoms with Crippen molar-refractivity contribution in [2.45, 2.75) is 6.04 Å². The molecule has 5 heteroatoms. The number of ether oxygens (including phenoxy) is 1. The van der Waals surface area contributed by atoms with E-state index < -0.39 is 0 Å². The Kier molecular flexibility index (Phi) is 5.76. The molecule has 0 spiro atoms. The van der Waals surface area contributed by atoms with Gasteiger partial charge in [-0.05, 0) is 19.2 Å². The fourth-order valence-electron chi connectivity index (χ4n) is 2.76. The lowest BCUT2D eigenvalue weighted by Crippen LogP contribution is -2.54. The van der Waals surface area contributed by atoms with Crippen LogP contribution in [0.25, 0.3) is 0 Å². The van der Waals surface area contributed by atoms with E-state index >= 15 is 0 Å². The number of nitrogens with zero attached hydrogens (tertiary/aromatic N) is 2. The summed E-state index contributed by atoms with van der Waals surface area (Å²) in [7, 11) is 3.69. The van der Waals surface area contributed by atoms with E-state index in [9.17, 15) is 4.39 Å². The van der Waals surface area contributed by atoms with Gasteiger partial charge >= 0.3 is 0 Å². The number of nitrogens with one attached hydrogen (secondary N) is 1. The van der Waals surface area contributed by atoms with E-state index in [2.05, 4.69) is 15.1 Å². The maximum atomic E-state index is 13.8. The summed E-state index contributed by atoms with van der Waals surface area (Å²) >= 11 is 0. The van der Waals surface area contributed by atoms with Gasteiger partial charge in [0.2, 0.25) is 0 Å². The third-order valence-corrected chi connectivity index (χ3v) is 3.82. The lowest BCUT2D eigenvalue weighted by atomic mass is 10.2. The number of hydrogen-bond acceptors (Lipinski definition) is 4. The van der Waals surface area contributed by atoms with Gasteiger partial charge in [-0.1, -0.05) is 12.1 Å². The molecule has 0 aromatic heterocycles. The zero-order valence-corrected chi connectivity index (χ0v) is 12.3. The molecule has 1 unspecified atom stereocenters. The predicted molar refractivity (Wildman–Crippen MR) is 79.8 cm³/mol. The molecule has 1 N–H and O–H groups in total. The van der Waals surface area contributed by atoms with Gasteiger partial charge in [-0.25, -0.2) is 4.39 Å². The van der Waals surface area contributed by atoms with Crippen LogP contribution >= 0.6 is 0 Å². The van der Waals surface area contributed by atoms with E-state index in [0.717, 1.165) is 39.3 Å². The fraction of sp³-hybridized carbons (Fsp3) is 0.600. The van der Waals surface area contributed by atoms with Gasteiger partial charge in [-0.3, -0.25) is 4.90 Å². The number of piperazine rings is 1. The van der Waals surface area contributed by atoms with Gasteiger partial charge in [0.1, 0.15) is 5.82 Å². The van der Waals surface area contributed by atoms with E-state index in [1.54, 1.807) is 13.2 Å². The first-order valence-corrected chi connectivity index (χ1v) is 7.13. The van der Waals surface area contributed by atoms with E-state index in [0.29, 0.717) is 11.7 Å². The highest BCUT2D eigenvalue weighted by Gasteiger charge is 2.24. The molecule has 0 bridgehead atoms. The summed E-state index contributed by atoms with van der Waals surface area (Å²) in [5.41, 5.74) is 0.712. The summed E-state index contributed by atoms with van der Waals surface area (Å²) < 4.78 is 19.1. The minimum atomic E-state index is -0.135. The average molecular weight is 281 g/mol. The van der Waals surface area contributed by atoms with Gasteiger partial charge in [0.05, 0.1) is 12.3 Å². The van der Waals surface area contributed by atoms with Crippen molar-refractivity contribution in [1.29, 1.82) is 0 Å². The number of halogens is 1. The number of rotatable bonds is 6. The SMILES string of the molecule is CNCC(COC)N1CCN(c2ccccc2F)CC1. The van der Waals surface area contributed by atoms with Crippen molar-refractivity contribution >= 4 is 5.69 Å². The number of likely N-dealkylation sites (N-methyl/N-ethyl adjacent to an activating group) is 1. The molecule has 1 saturated heterocycles. The van der Waals surface area contributed by atoms with E-state index in [4.69, 9.17) is 4.74 Å². The Labute approximate surface area is 120 Å². The second kappa shape index (κ2) is 7.57. The summed E-state index contributed by atoms with van der Waals surface area (Å²) in [5, 5.41) is 3.21. The minimum absolute atomic E-state index is 0.135. The van der Waals surface area contributed by atoms with Crippen LogP contribution in [0.5, 0.6) is 0 Å². The number of para-hydroxylation sites is 1. The molecule has 0 saturated carbocycles. The van der Waals surface area contributed by atoms with Crippen molar-refractivity contribution in [3.8, 4) is 0 Å². The van der Waals surface area contributed by atoms with Crippen LogP contribution in [0.15, 0.2) is 24.3 Å². The molecule has 4 nitrogen and oxygen atoms in total. The van der Waals surface area contributed by atoms with Crippen molar-refractivity contribution in [2.75, 3.05) is 58.4 Å². The first-order chi connectivity index (χ1) is 9.76. The Morgan fingerprint density at radius 2 is 1.95 bits per heavy atom. The Morgan fingerprint density at radius 3 is 2.55 bits per heavy atom. The Bertz CT molecular complexity index is 402. The van der Waals surface area contributed by atoms with Gasteiger partial charge in [-0.2, -0.15) is 0 Å². The molecular formula is C15H24FN3O. The number of anilines is 1. The molecule has 0 radical (unpaired) electrons. The van der Waals surface area contributed by atoms with E-state index in [1.807, 2.05) is 19.2 Å². The third-order valence-electron chi connectivity index (χ3n) is 3.82. The van der Waals surface area contributed by atoms with Crippen LogP contribution in [0.2, 0.25) is 0 Å². The Hall–Kier alpha value is -1.17. The monoisotopic (exact) mass is 281 g/mol. The largest absolute Gasteiger partial charge is 0.383 e. The zero-order valence-electron chi connectivity index (χ0n) is 12.3. The number of methoxy groups -OCH3 is 1. The zero-order chi connectivity index (χ0) is 14.4. The van der Waals surface area contributed by atoms with Gasteiger partial charge in [0, 0.05) is 45.9 Å².